The average Bonchev–Trinajstić information content (AvgIpc) is 2.96. The zero-order valence-electron chi connectivity index (χ0n) is 9.51. The van der Waals surface area contributed by atoms with E-state index in [1.54, 1.807) is 18.2 Å². The Morgan fingerprint density at radius 1 is 1.26 bits per heavy atom. The van der Waals surface area contributed by atoms with Crippen LogP contribution >= 0.6 is 11.6 Å². The molecule has 2 aromatic heterocycles. The van der Waals surface area contributed by atoms with Crippen molar-refractivity contribution in [2.75, 3.05) is 4.72 Å². The summed E-state index contributed by atoms with van der Waals surface area (Å²) in [7, 11) is -3.66. The summed E-state index contributed by atoms with van der Waals surface area (Å²) in [6, 6.07) is 4.99. The fourth-order valence-corrected chi connectivity index (χ4v) is 3.20. The molecule has 0 unspecified atom stereocenters. The molecule has 19 heavy (non-hydrogen) atoms. The Bertz CT molecular complexity index is 824. The Kier molecular flexibility index (Phi) is 2.72. The monoisotopic (exact) mass is 296 g/mol. The van der Waals surface area contributed by atoms with Gasteiger partial charge in [0.1, 0.15) is 4.90 Å². The molecule has 0 saturated carbocycles. The maximum absolute atomic E-state index is 12.3. The van der Waals surface area contributed by atoms with Gasteiger partial charge in [0.2, 0.25) is 0 Å². The highest BCUT2D eigenvalue weighted by atomic mass is 35.5. The Labute approximate surface area is 113 Å². The molecule has 8 heteroatoms. The molecule has 3 aromatic rings. The first-order valence-electron chi connectivity index (χ1n) is 5.34. The normalized spacial score (nSPS) is 11.8. The largest absolute Gasteiger partial charge is 0.360 e. The number of rotatable bonds is 3. The predicted octanol–water partition coefficient (Wildman–Crippen LogP) is 2.35. The number of H-pyrrole nitrogens is 2. The van der Waals surface area contributed by atoms with E-state index < -0.39 is 10.0 Å². The first kappa shape index (κ1) is 12.1. The van der Waals surface area contributed by atoms with E-state index in [0.717, 1.165) is 0 Å². The van der Waals surface area contributed by atoms with E-state index in [-0.39, 0.29) is 4.90 Å². The van der Waals surface area contributed by atoms with Crippen molar-refractivity contribution in [3.05, 3.63) is 41.8 Å². The van der Waals surface area contributed by atoms with E-state index in [2.05, 4.69) is 19.9 Å². The number of nitrogens with one attached hydrogen (secondary N) is 3. The van der Waals surface area contributed by atoms with Gasteiger partial charge in [-0.3, -0.25) is 9.82 Å². The minimum atomic E-state index is -3.66. The zero-order valence-corrected chi connectivity index (χ0v) is 11.1. The van der Waals surface area contributed by atoms with Crippen LogP contribution in [-0.2, 0) is 10.0 Å². The van der Waals surface area contributed by atoms with Gasteiger partial charge < -0.3 is 4.98 Å². The molecule has 0 radical (unpaired) electrons. The topological polar surface area (TPSA) is 90.6 Å². The van der Waals surface area contributed by atoms with E-state index in [1.165, 1.54) is 18.6 Å². The van der Waals surface area contributed by atoms with Crippen LogP contribution in [0.5, 0.6) is 0 Å². The fourth-order valence-electron chi connectivity index (χ4n) is 1.81. The van der Waals surface area contributed by atoms with Crippen molar-refractivity contribution in [2.24, 2.45) is 0 Å². The summed E-state index contributed by atoms with van der Waals surface area (Å²) < 4.78 is 26.9. The van der Waals surface area contributed by atoms with Crippen LogP contribution in [0.3, 0.4) is 0 Å². The highest BCUT2D eigenvalue weighted by Crippen LogP contribution is 2.26. The molecule has 6 nitrogen and oxygen atoms in total. The SMILES string of the molecule is O=S(=O)(Nc1cn[nH]c1)c1c[nH]c2cc(Cl)ccc12. The molecular weight excluding hydrogens is 288 g/mol. The second-order valence-corrected chi connectivity index (χ2v) is 6.02. The smallest absolute Gasteiger partial charge is 0.264 e. The summed E-state index contributed by atoms with van der Waals surface area (Å²) >= 11 is 5.86. The zero-order chi connectivity index (χ0) is 13.5. The molecule has 98 valence electrons. The summed E-state index contributed by atoms with van der Waals surface area (Å²) in [6.07, 6.45) is 4.29. The number of halogens is 1. The van der Waals surface area contributed by atoms with Gasteiger partial charge in [0.25, 0.3) is 10.0 Å². The fraction of sp³-hybridized carbons (Fsp3) is 0. The van der Waals surface area contributed by atoms with Crippen LogP contribution in [0, 0.1) is 0 Å². The molecule has 0 spiro atoms. The van der Waals surface area contributed by atoms with E-state index in [4.69, 9.17) is 11.6 Å². The van der Waals surface area contributed by atoms with Crippen molar-refractivity contribution in [1.29, 1.82) is 0 Å². The lowest BCUT2D eigenvalue weighted by molar-refractivity contribution is 0.602. The molecule has 0 aliphatic rings. The number of hydrogen-bond acceptors (Lipinski definition) is 3. The Balaban J connectivity index is 2.08. The van der Waals surface area contributed by atoms with Gasteiger partial charge in [-0.2, -0.15) is 5.10 Å². The van der Waals surface area contributed by atoms with Crippen molar-refractivity contribution < 1.29 is 8.42 Å². The van der Waals surface area contributed by atoms with Gasteiger partial charge in [-0.1, -0.05) is 11.6 Å². The molecule has 1 aromatic carbocycles. The van der Waals surface area contributed by atoms with E-state index >= 15 is 0 Å². The Hall–Kier alpha value is -1.99. The van der Waals surface area contributed by atoms with Crippen LogP contribution in [0.25, 0.3) is 10.9 Å². The maximum Gasteiger partial charge on any atom is 0.264 e. The third kappa shape index (κ3) is 2.18. The molecule has 0 saturated heterocycles. The van der Waals surface area contributed by atoms with Crippen molar-refractivity contribution in [3.8, 4) is 0 Å². The number of anilines is 1. The van der Waals surface area contributed by atoms with Gasteiger partial charge >= 0.3 is 0 Å². The van der Waals surface area contributed by atoms with Gasteiger partial charge in [0.15, 0.2) is 0 Å². The summed E-state index contributed by atoms with van der Waals surface area (Å²) in [5.74, 6) is 0. The van der Waals surface area contributed by atoms with Gasteiger partial charge in [0.05, 0.1) is 11.9 Å². The second-order valence-electron chi connectivity index (χ2n) is 3.94. The third-order valence-electron chi connectivity index (χ3n) is 2.65. The molecule has 0 fully saturated rings. The highest BCUT2D eigenvalue weighted by Gasteiger charge is 2.19. The van der Waals surface area contributed by atoms with E-state index in [1.807, 2.05) is 0 Å². The van der Waals surface area contributed by atoms with Crippen molar-refractivity contribution >= 4 is 38.2 Å². The maximum atomic E-state index is 12.3. The molecule has 0 bridgehead atoms. The quantitative estimate of drug-likeness (QED) is 0.693. The van der Waals surface area contributed by atoms with Gasteiger partial charge in [-0.05, 0) is 18.2 Å². The van der Waals surface area contributed by atoms with Crippen molar-refractivity contribution in [1.82, 2.24) is 15.2 Å². The molecule has 0 atom stereocenters. The highest BCUT2D eigenvalue weighted by molar-refractivity contribution is 7.93. The molecular formula is C11H9ClN4O2S. The van der Waals surface area contributed by atoms with Crippen LogP contribution in [0.1, 0.15) is 0 Å². The number of sulfonamides is 1. The van der Waals surface area contributed by atoms with Crippen LogP contribution < -0.4 is 4.72 Å². The van der Waals surface area contributed by atoms with E-state index in [9.17, 15) is 8.42 Å². The average molecular weight is 297 g/mol. The lowest BCUT2D eigenvalue weighted by Gasteiger charge is -2.04. The number of aromatic nitrogens is 3. The van der Waals surface area contributed by atoms with Crippen LogP contribution in [0.15, 0.2) is 41.7 Å². The Morgan fingerprint density at radius 2 is 2.11 bits per heavy atom. The molecule has 0 amide bonds. The summed E-state index contributed by atoms with van der Waals surface area (Å²) in [4.78, 5) is 3.05. The summed E-state index contributed by atoms with van der Waals surface area (Å²) in [5, 5.41) is 7.35. The third-order valence-corrected chi connectivity index (χ3v) is 4.30. The first-order valence-corrected chi connectivity index (χ1v) is 7.20. The molecule has 0 aliphatic carbocycles. The molecule has 3 rings (SSSR count). The molecule has 3 N–H and O–H groups in total. The minimum absolute atomic E-state index is 0.167. The lowest BCUT2D eigenvalue weighted by Crippen LogP contribution is -2.11. The standard InChI is InChI=1S/C11H9ClN4O2S/c12-7-1-2-9-10(3-7)13-6-11(9)19(17,18)16-8-4-14-15-5-8/h1-6,13,16H,(H,14,15). The summed E-state index contributed by atoms with van der Waals surface area (Å²) in [5.41, 5.74) is 1.04. The van der Waals surface area contributed by atoms with Gasteiger partial charge in [-0.25, -0.2) is 8.42 Å². The van der Waals surface area contributed by atoms with Gasteiger partial charge in [0, 0.05) is 28.3 Å². The summed E-state index contributed by atoms with van der Waals surface area (Å²) in [6.45, 7) is 0. The second kappa shape index (κ2) is 4.29. The van der Waals surface area contributed by atoms with Crippen molar-refractivity contribution in [2.45, 2.75) is 4.90 Å². The van der Waals surface area contributed by atoms with E-state index in [0.29, 0.717) is 21.6 Å². The Morgan fingerprint density at radius 3 is 2.84 bits per heavy atom. The minimum Gasteiger partial charge on any atom is -0.360 e. The van der Waals surface area contributed by atoms with Gasteiger partial charge in [-0.15, -0.1) is 0 Å². The molecule has 2 heterocycles. The van der Waals surface area contributed by atoms with Crippen molar-refractivity contribution in [3.63, 3.8) is 0 Å². The number of fused-ring (bicyclic) bond motifs is 1. The van der Waals surface area contributed by atoms with Crippen LogP contribution in [0.4, 0.5) is 5.69 Å². The number of nitrogens with zero attached hydrogens (tertiary/aromatic N) is 1. The molecule has 0 aliphatic heterocycles. The first-order chi connectivity index (χ1) is 9.06. The number of benzene rings is 1. The lowest BCUT2D eigenvalue weighted by atomic mass is 10.2. The van der Waals surface area contributed by atoms with Crippen LogP contribution in [-0.4, -0.2) is 23.6 Å². The number of hydrogen-bond donors (Lipinski definition) is 3. The number of aromatic amines is 2. The predicted molar refractivity (Wildman–Crippen MR) is 72.7 cm³/mol. The van der Waals surface area contributed by atoms with Crippen LogP contribution in [0.2, 0.25) is 5.02 Å².